The molecule has 0 radical (unpaired) electrons. The van der Waals surface area contributed by atoms with Crippen molar-refractivity contribution >= 4 is 5.97 Å². The second-order valence-electron chi connectivity index (χ2n) is 4.64. The molecule has 2 atom stereocenters. The lowest BCUT2D eigenvalue weighted by atomic mass is 9.88. The second-order valence-corrected chi connectivity index (χ2v) is 4.64. The standard InChI is InChI=1S/C15H20O3/c1-3-18-15(16)13-9-6-8-11(13)12-7-4-5-10-14(12)17-2/h4-5,7,10-11,13H,3,6,8-9H2,1-2H3. The molecule has 0 saturated heterocycles. The van der Waals surface area contributed by atoms with Gasteiger partial charge >= 0.3 is 5.97 Å². The Morgan fingerprint density at radius 1 is 1.33 bits per heavy atom. The Balaban J connectivity index is 2.23. The van der Waals surface area contributed by atoms with E-state index in [-0.39, 0.29) is 17.8 Å². The highest BCUT2D eigenvalue weighted by Gasteiger charge is 2.36. The van der Waals surface area contributed by atoms with Crippen LogP contribution in [0.3, 0.4) is 0 Å². The molecule has 1 saturated carbocycles. The summed E-state index contributed by atoms with van der Waals surface area (Å²) in [5, 5.41) is 0. The van der Waals surface area contributed by atoms with Crippen LogP contribution in [0.4, 0.5) is 0 Å². The van der Waals surface area contributed by atoms with Crippen LogP contribution in [0.2, 0.25) is 0 Å². The lowest BCUT2D eigenvalue weighted by molar-refractivity contribution is -0.148. The minimum absolute atomic E-state index is 0.0127. The topological polar surface area (TPSA) is 35.5 Å². The highest BCUT2D eigenvalue weighted by Crippen LogP contribution is 2.43. The highest BCUT2D eigenvalue weighted by atomic mass is 16.5. The van der Waals surface area contributed by atoms with Gasteiger partial charge in [0.1, 0.15) is 5.75 Å². The molecular formula is C15H20O3. The number of esters is 1. The molecule has 98 valence electrons. The van der Waals surface area contributed by atoms with Gasteiger partial charge in [-0.15, -0.1) is 0 Å². The van der Waals surface area contributed by atoms with Crippen LogP contribution >= 0.6 is 0 Å². The zero-order chi connectivity index (χ0) is 13.0. The zero-order valence-corrected chi connectivity index (χ0v) is 11.0. The third-order valence-corrected chi connectivity index (χ3v) is 3.64. The van der Waals surface area contributed by atoms with E-state index in [4.69, 9.17) is 9.47 Å². The molecule has 0 spiro atoms. The fraction of sp³-hybridized carbons (Fsp3) is 0.533. The third-order valence-electron chi connectivity index (χ3n) is 3.64. The number of benzene rings is 1. The van der Waals surface area contributed by atoms with E-state index < -0.39 is 0 Å². The van der Waals surface area contributed by atoms with Gasteiger partial charge in [-0.3, -0.25) is 4.79 Å². The SMILES string of the molecule is CCOC(=O)C1CCCC1c1ccccc1OC. The average Bonchev–Trinajstić information content (AvgIpc) is 2.88. The Morgan fingerprint density at radius 2 is 2.11 bits per heavy atom. The number of hydrogen-bond donors (Lipinski definition) is 0. The summed E-state index contributed by atoms with van der Waals surface area (Å²) in [4.78, 5) is 12.0. The van der Waals surface area contributed by atoms with Crippen molar-refractivity contribution in [2.45, 2.75) is 32.1 Å². The lowest BCUT2D eigenvalue weighted by Crippen LogP contribution is -2.20. The number of ether oxygens (including phenoxy) is 2. The Hall–Kier alpha value is -1.51. The molecule has 0 aliphatic heterocycles. The minimum Gasteiger partial charge on any atom is -0.496 e. The zero-order valence-electron chi connectivity index (χ0n) is 11.0. The summed E-state index contributed by atoms with van der Waals surface area (Å²) < 4.78 is 10.6. The van der Waals surface area contributed by atoms with Crippen molar-refractivity contribution in [1.29, 1.82) is 0 Å². The summed E-state index contributed by atoms with van der Waals surface area (Å²) in [7, 11) is 1.67. The Morgan fingerprint density at radius 3 is 2.83 bits per heavy atom. The molecule has 1 aromatic rings. The largest absolute Gasteiger partial charge is 0.496 e. The quantitative estimate of drug-likeness (QED) is 0.768. The van der Waals surface area contributed by atoms with Gasteiger partial charge in [-0.25, -0.2) is 0 Å². The van der Waals surface area contributed by atoms with Crippen LogP contribution < -0.4 is 4.74 Å². The molecule has 0 aromatic heterocycles. The molecule has 1 aliphatic carbocycles. The third kappa shape index (κ3) is 2.50. The maximum Gasteiger partial charge on any atom is 0.309 e. The van der Waals surface area contributed by atoms with Gasteiger partial charge in [0.05, 0.1) is 19.6 Å². The van der Waals surface area contributed by atoms with Crippen molar-refractivity contribution in [2.75, 3.05) is 13.7 Å². The van der Waals surface area contributed by atoms with Gasteiger partial charge in [0.25, 0.3) is 0 Å². The average molecular weight is 248 g/mol. The van der Waals surface area contributed by atoms with Gasteiger partial charge in [0.2, 0.25) is 0 Å². The van der Waals surface area contributed by atoms with E-state index in [9.17, 15) is 4.79 Å². The molecule has 2 rings (SSSR count). The Labute approximate surface area is 108 Å². The van der Waals surface area contributed by atoms with E-state index in [0.29, 0.717) is 6.61 Å². The van der Waals surface area contributed by atoms with Crippen molar-refractivity contribution in [3.63, 3.8) is 0 Å². The molecule has 0 N–H and O–H groups in total. The lowest BCUT2D eigenvalue weighted by Gasteiger charge is -2.20. The van der Waals surface area contributed by atoms with Gasteiger partial charge < -0.3 is 9.47 Å². The van der Waals surface area contributed by atoms with Crippen molar-refractivity contribution < 1.29 is 14.3 Å². The number of carbonyl (C=O) groups is 1. The first-order valence-electron chi connectivity index (χ1n) is 6.57. The molecule has 18 heavy (non-hydrogen) atoms. The number of rotatable bonds is 4. The fourth-order valence-electron chi connectivity index (χ4n) is 2.84. The van der Waals surface area contributed by atoms with Crippen LogP contribution in [0.1, 0.15) is 37.7 Å². The molecule has 3 heteroatoms. The number of hydrogen-bond acceptors (Lipinski definition) is 3. The van der Waals surface area contributed by atoms with E-state index in [0.717, 1.165) is 30.6 Å². The van der Waals surface area contributed by atoms with E-state index in [1.54, 1.807) is 7.11 Å². The monoisotopic (exact) mass is 248 g/mol. The van der Waals surface area contributed by atoms with E-state index in [1.165, 1.54) is 0 Å². The summed E-state index contributed by atoms with van der Waals surface area (Å²) in [6.45, 7) is 2.30. The van der Waals surface area contributed by atoms with Gasteiger partial charge in [0, 0.05) is 5.92 Å². The molecule has 0 bridgehead atoms. The van der Waals surface area contributed by atoms with Crippen LogP contribution in [-0.2, 0) is 9.53 Å². The summed E-state index contributed by atoms with van der Waals surface area (Å²) in [6.07, 6.45) is 3.03. The van der Waals surface area contributed by atoms with E-state index in [1.807, 2.05) is 25.1 Å². The van der Waals surface area contributed by atoms with Crippen LogP contribution in [-0.4, -0.2) is 19.7 Å². The van der Waals surface area contributed by atoms with E-state index >= 15 is 0 Å². The smallest absolute Gasteiger partial charge is 0.309 e. The number of carbonyl (C=O) groups excluding carboxylic acids is 1. The van der Waals surface area contributed by atoms with Gasteiger partial charge in [-0.05, 0) is 31.4 Å². The first kappa shape index (κ1) is 12.9. The molecule has 0 heterocycles. The minimum atomic E-state index is -0.0640. The number of para-hydroxylation sites is 1. The Kier molecular flexibility index (Phi) is 4.24. The molecule has 2 unspecified atom stereocenters. The van der Waals surface area contributed by atoms with Crippen molar-refractivity contribution in [2.24, 2.45) is 5.92 Å². The van der Waals surface area contributed by atoms with Crippen LogP contribution in [0.15, 0.2) is 24.3 Å². The maximum atomic E-state index is 12.0. The second kappa shape index (κ2) is 5.89. The molecule has 3 nitrogen and oxygen atoms in total. The summed E-state index contributed by atoms with van der Waals surface area (Å²) in [6, 6.07) is 7.96. The van der Waals surface area contributed by atoms with Crippen LogP contribution in [0, 0.1) is 5.92 Å². The van der Waals surface area contributed by atoms with Crippen LogP contribution in [0.25, 0.3) is 0 Å². The molecule has 0 amide bonds. The Bertz CT molecular complexity index is 414. The van der Waals surface area contributed by atoms with Gasteiger partial charge in [0.15, 0.2) is 0 Å². The predicted octanol–water partition coefficient (Wildman–Crippen LogP) is 3.14. The first-order chi connectivity index (χ1) is 8.77. The predicted molar refractivity (Wildman–Crippen MR) is 69.7 cm³/mol. The summed E-state index contributed by atoms with van der Waals surface area (Å²) in [5.41, 5.74) is 1.13. The van der Waals surface area contributed by atoms with Crippen LogP contribution in [0.5, 0.6) is 5.75 Å². The van der Waals surface area contributed by atoms with Crippen molar-refractivity contribution in [1.82, 2.24) is 0 Å². The molecular weight excluding hydrogens is 228 g/mol. The van der Waals surface area contributed by atoms with E-state index in [2.05, 4.69) is 6.07 Å². The first-order valence-corrected chi connectivity index (χ1v) is 6.57. The molecule has 1 aromatic carbocycles. The molecule has 1 aliphatic rings. The van der Waals surface area contributed by atoms with Gasteiger partial charge in [-0.1, -0.05) is 24.6 Å². The fourth-order valence-corrected chi connectivity index (χ4v) is 2.84. The summed E-state index contributed by atoms with van der Waals surface area (Å²) in [5.74, 6) is 1.03. The normalized spacial score (nSPS) is 22.8. The van der Waals surface area contributed by atoms with Gasteiger partial charge in [-0.2, -0.15) is 0 Å². The summed E-state index contributed by atoms with van der Waals surface area (Å²) >= 11 is 0. The maximum absolute atomic E-state index is 12.0. The van der Waals surface area contributed by atoms with Crippen molar-refractivity contribution in [3.05, 3.63) is 29.8 Å². The van der Waals surface area contributed by atoms with Crippen molar-refractivity contribution in [3.8, 4) is 5.75 Å². The number of methoxy groups -OCH3 is 1. The highest BCUT2D eigenvalue weighted by molar-refractivity contribution is 5.74. The molecule has 1 fully saturated rings.